The van der Waals surface area contributed by atoms with E-state index in [1.165, 1.54) is 23.1 Å². The van der Waals surface area contributed by atoms with Crippen molar-refractivity contribution in [1.82, 2.24) is 4.90 Å². The zero-order valence-corrected chi connectivity index (χ0v) is 15.0. The summed E-state index contributed by atoms with van der Waals surface area (Å²) in [7, 11) is 0. The highest BCUT2D eigenvalue weighted by Gasteiger charge is 2.57. The van der Waals surface area contributed by atoms with Crippen molar-refractivity contribution < 1.29 is 9.90 Å². The minimum absolute atomic E-state index is 0.0308. The Hall–Kier alpha value is -2.13. The van der Waals surface area contributed by atoms with Crippen molar-refractivity contribution in [3.8, 4) is 11.1 Å². The molecule has 2 aromatic carbocycles. The lowest BCUT2D eigenvalue weighted by molar-refractivity contribution is -0.144. The molecule has 0 bridgehead atoms. The Bertz CT molecular complexity index is 815. The van der Waals surface area contributed by atoms with Gasteiger partial charge < -0.3 is 10.0 Å². The Labute approximate surface area is 154 Å². The zero-order valence-electron chi connectivity index (χ0n) is 15.0. The molecule has 134 valence electrons. The van der Waals surface area contributed by atoms with Gasteiger partial charge in [-0.1, -0.05) is 54.6 Å². The minimum atomic E-state index is -1.01. The molecule has 1 heterocycles. The molecule has 1 amide bonds. The van der Waals surface area contributed by atoms with Gasteiger partial charge in [0.05, 0.1) is 0 Å². The summed E-state index contributed by atoms with van der Waals surface area (Å²) in [6.07, 6.45) is 4.66. The lowest BCUT2D eigenvalue weighted by Crippen LogP contribution is -2.45. The average molecular weight is 347 g/mol. The third kappa shape index (κ3) is 2.66. The van der Waals surface area contributed by atoms with Crippen LogP contribution in [0.25, 0.3) is 11.1 Å². The summed E-state index contributed by atoms with van der Waals surface area (Å²) in [5, 5.41) is 10.1. The smallest absolute Gasteiger partial charge is 0.254 e. The van der Waals surface area contributed by atoms with Crippen LogP contribution in [0.3, 0.4) is 0 Å². The van der Waals surface area contributed by atoms with Crippen LogP contribution in [0.4, 0.5) is 0 Å². The van der Waals surface area contributed by atoms with Crippen LogP contribution in [0.2, 0.25) is 0 Å². The maximum absolute atomic E-state index is 12.3. The van der Waals surface area contributed by atoms with E-state index < -0.39 is 5.60 Å². The van der Waals surface area contributed by atoms with Crippen molar-refractivity contribution in [3.05, 3.63) is 60.2 Å². The van der Waals surface area contributed by atoms with Crippen LogP contribution in [0.15, 0.2) is 54.6 Å². The molecule has 1 aliphatic heterocycles. The fourth-order valence-electron chi connectivity index (χ4n) is 4.69. The van der Waals surface area contributed by atoms with E-state index in [2.05, 4.69) is 48.5 Å². The van der Waals surface area contributed by atoms with Crippen molar-refractivity contribution in [2.45, 2.75) is 43.6 Å². The van der Waals surface area contributed by atoms with E-state index in [-0.39, 0.29) is 5.91 Å². The summed E-state index contributed by atoms with van der Waals surface area (Å²) in [6.45, 7) is 1.61. The van der Waals surface area contributed by atoms with Crippen LogP contribution >= 0.6 is 0 Å². The van der Waals surface area contributed by atoms with Gasteiger partial charge in [-0.2, -0.15) is 0 Å². The van der Waals surface area contributed by atoms with Crippen molar-refractivity contribution in [2.24, 2.45) is 5.41 Å². The molecule has 5 rings (SSSR count). The SMILES string of the molecule is O=C(N1CCC2(CC1)C[C@@H]2c1ccc(-c2ccccc2)cc1)C1(O)CC1. The number of amides is 1. The molecule has 0 unspecified atom stereocenters. The molecule has 0 aromatic heterocycles. The Morgan fingerprint density at radius 1 is 0.885 bits per heavy atom. The number of aliphatic hydroxyl groups is 1. The van der Waals surface area contributed by atoms with Crippen molar-refractivity contribution in [1.29, 1.82) is 0 Å². The van der Waals surface area contributed by atoms with Crippen LogP contribution in [-0.4, -0.2) is 34.6 Å². The summed E-state index contributed by atoms with van der Waals surface area (Å²) < 4.78 is 0. The maximum Gasteiger partial charge on any atom is 0.254 e. The Balaban J connectivity index is 1.24. The summed E-state index contributed by atoms with van der Waals surface area (Å²) in [4.78, 5) is 14.2. The summed E-state index contributed by atoms with van der Waals surface area (Å²) in [5.41, 5.74) is 3.33. The highest BCUT2D eigenvalue weighted by molar-refractivity contribution is 5.87. The van der Waals surface area contributed by atoms with E-state index in [9.17, 15) is 9.90 Å². The number of rotatable bonds is 3. The van der Waals surface area contributed by atoms with Crippen molar-refractivity contribution in [2.75, 3.05) is 13.1 Å². The summed E-state index contributed by atoms with van der Waals surface area (Å²) in [6, 6.07) is 19.5. The molecule has 1 N–H and O–H groups in total. The molecule has 1 saturated heterocycles. The summed E-state index contributed by atoms with van der Waals surface area (Å²) >= 11 is 0. The van der Waals surface area contributed by atoms with Gasteiger partial charge >= 0.3 is 0 Å². The minimum Gasteiger partial charge on any atom is -0.380 e. The number of piperidine rings is 1. The first-order chi connectivity index (χ1) is 12.6. The molecule has 2 saturated carbocycles. The zero-order chi connectivity index (χ0) is 17.8. The largest absolute Gasteiger partial charge is 0.380 e. The van der Waals surface area contributed by atoms with Gasteiger partial charge in [-0.15, -0.1) is 0 Å². The molecule has 2 aliphatic carbocycles. The van der Waals surface area contributed by atoms with Crippen molar-refractivity contribution in [3.63, 3.8) is 0 Å². The number of hydrogen-bond acceptors (Lipinski definition) is 2. The predicted octanol–water partition coefficient (Wildman–Crippen LogP) is 3.97. The number of hydrogen-bond donors (Lipinski definition) is 1. The Kier molecular flexibility index (Phi) is 3.51. The predicted molar refractivity (Wildman–Crippen MR) is 102 cm³/mol. The van der Waals surface area contributed by atoms with Gasteiger partial charge in [0.1, 0.15) is 5.60 Å². The average Bonchev–Trinajstić information content (AvgIpc) is 3.61. The number of likely N-dealkylation sites (tertiary alicyclic amines) is 1. The monoisotopic (exact) mass is 347 g/mol. The van der Waals surface area contributed by atoms with Crippen LogP contribution in [0.1, 0.15) is 43.6 Å². The lowest BCUT2D eigenvalue weighted by atomic mass is 9.88. The van der Waals surface area contributed by atoms with Gasteiger partial charge in [-0.25, -0.2) is 0 Å². The second-order valence-corrected chi connectivity index (χ2v) is 8.43. The number of nitrogens with zero attached hydrogens (tertiary/aromatic N) is 1. The van der Waals surface area contributed by atoms with Gasteiger partial charge in [0, 0.05) is 13.1 Å². The third-order valence-corrected chi connectivity index (χ3v) is 6.78. The molecular weight excluding hydrogens is 322 g/mol. The van der Waals surface area contributed by atoms with E-state index in [0.717, 1.165) is 25.9 Å². The van der Waals surface area contributed by atoms with Crippen LogP contribution in [-0.2, 0) is 4.79 Å². The van der Waals surface area contributed by atoms with E-state index in [1.54, 1.807) is 0 Å². The van der Waals surface area contributed by atoms with Gasteiger partial charge in [-0.3, -0.25) is 4.79 Å². The highest BCUT2D eigenvalue weighted by Crippen LogP contribution is 2.65. The number of carbonyl (C=O) groups excluding carboxylic acids is 1. The fourth-order valence-corrected chi connectivity index (χ4v) is 4.69. The first-order valence-corrected chi connectivity index (χ1v) is 9.77. The third-order valence-electron chi connectivity index (χ3n) is 6.78. The van der Waals surface area contributed by atoms with E-state index in [4.69, 9.17) is 0 Å². The molecule has 3 fully saturated rings. The Morgan fingerprint density at radius 2 is 1.50 bits per heavy atom. The topological polar surface area (TPSA) is 40.5 Å². The Morgan fingerprint density at radius 3 is 2.12 bits per heavy atom. The van der Waals surface area contributed by atoms with Gasteiger partial charge in [0.15, 0.2) is 0 Å². The number of carbonyl (C=O) groups is 1. The first kappa shape index (κ1) is 16.1. The van der Waals surface area contributed by atoms with E-state index in [0.29, 0.717) is 24.2 Å². The van der Waals surface area contributed by atoms with Crippen molar-refractivity contribution >= 4 is 5.91 Å². The van der Waals surface area contributed by atoms with E-state index >= 15 is 0 Å². The highest BCUT2D eigenvalue weighted by atomic mass is 16.3. The molecule has 26 heavy (non-hydrogen) atoms. The van der Waals surface area contributed by atoms with Gasteiger partial charge in [-0.05, 0) is 60.1 Å². The molecule has 2 aromatic rings. The van der Waals surface area contributed by atoms with Gasteiger partial charge in [0.25, 0.3) is 5.91 Å². The standard InChI is InChI=1S/C23H25NO2/c25-21(23(26)10-11-23)24-14-12-22(13-15-24)16-20(22)19-8-6-18(7-9-19)17-4-2-1-3-5-17/h1-9,20,26H,10-16H2/t20-/m1/s1. The van der Waals surface area contributed by atoms with Crippen LogP contribution in [0, 0.1) is 5.41 Å². The lowest BCUT2D eigenvalue weighted by Gasteiger charge is -2.34. The molecule has 3 nitrogen and oxygen atoms in total. The fraction of sp³-hybridized carbons (Fsp3) is 0.435. The normalized spacial score (nSPS) is 25.1. The molecule has 3 heteroatoms. The summed E-state index contributed by atoms with van der Waals surface area (Å²) in [5.74, 6) is 0.602. The molecule has 1 spiro atoms. The number of benzene rings is 2. The first-order valence-electron chi connectivity index (χ1n) is 9.77. The second kappa shape index (κ2) is 5.68. The molecule has 3 aliphatic rings. The quantitative estimate of drug-likeness (QED) is 0.912. The molecular formula is C23H25NO2. The second-order valence-electron chi connectivity index (χ2n) is 8.43. The van der Waals surface area contributed by atoms with Crippen LogP contribution in [0.5, 0.6) is 0 Å². The van der Waals surface area contributed by atoms with Crippen LogP contribution < -0.4 is 0 Å². The van der Waals surface area contributed by atoms with E-state index in [1.807, 2.05) is 11.0 Å². The molecule has 1 atom stereocenters. The maximum atomic E-state index is 12.3. The molecule has 0 radical (unpaired) electrons. The van der Waals surface area contributed by atoms with Gasteiger partial charge in [0.2, 0.25) is 0 Å².